The highest BCUT2D eigenvalue weighted by Gasteiger charge is 2.21. The molecule has 3 unspecified atom stereocenters. The predicted molar refractivity (Wildman–Crippen MR) is 134 cm³/mol. The van der Waals surface area contributed by atoms with E-state index < -0.39 is 0 Å². The molecule has 2 N–H and O–H groups in total. The van der Waals surface area contributed by atoms with Gasteiger partial charge in [0.25, 0.3) is 0 Å². The molecule has 0 aromatic heterocycles. The molecule has 1 aliphatic heterocycles. The van der Waals surface area contributed by atoms with Gasteiger partial charge < -0.3 is 24.8 Å². The summed E-state index contributed by atoms with van der Waals surface area (Å²) in [6, 6.07) is 7.68. The molecule has 0 radical (unpaired) electrons. The second-order valence-electron chi connectivity index (χ2n) is 7.60. The number of halogens is 1. The Bertz CT molecular complexity index is 622. The van der Waals surface area contributed by atoms with Crippen molar-refractivity contribution in [3.05, 3.63) is 24.3 Å². The highest BCUT2D eigenvalue weighted by atomic mass is 127. The third kappa shape index (κ3) is 9.70. The minimum atomic E-state index is -0.0573. The lowest BCUT2D eigenvalue weighted by atomic mass is 10.2. The first-order chi connectivity index (χ1) is 14.0. The fourth-order valence-corrected chi connectivity index (χ4v) is 3.51. The molecule has 8 heteroatoms. The van der Waals surface area contributed by atoms with Crippen LogP contribution in [0.5, 0.6) is 11.5 Å². The Balaban J connectivity index is 0.00000450. The van der Waals surface area contributed by atoms with Crippen molar-refractivity contribution in [3.63, 3.8) is 0 Å². The normalized spacial score (nSPS) is 20.8. The van der Waals surface area contributed by atoms with E-state index in [-0.39, 0.29) is 30.1 Å². The molecule has 1 aliphatic rings. The van der Waals surface area contributed by atoms with Crippen LogP contribution >= 0.6 is 24.0 Å². The highest BCUT2D eigenvalue weighted by molar-refractivity contribution is 14.0. The SMILES string of the molecule is CCNC(=NCC(C)Oc1ccccc1OC)NCCCN1CC(C)OC(C)C1.I. The van der Waals surface area contributed by atoms with Gasteiger partial charge in [0.15, 0.2) is 17.5 Å². The second-order valence-corrected chi connectivity index (χ2v) is 7.60. The van der Waals surface area contributed by atoms with E-state index in [4.69, 9.17) is 14.2 Å². The summed E-state index contributed by atoms with van der Waals surface area (Å²) in [5.74, 6) is 2.30. The van der Waals surface area contributed by atoms with Crippen LogP contribution in [0.3, 0.4) is 0 Å². The fraction of sp³-hybridized carbons (Fsp3) is 0.682. The van der Waals surface area contributed by atoms with Gasteiger partial charge in [0.1, 0.15) is 6.10 Å². The number of rotatable bonds is 10. The van der Waals surface area contributed by atoms with Crippen LogP contribution in [0, 0.1) is 0 Å². The summed E-state index contributed by atoms with van der Waals surface area (Å²) in [5, 5.41) is 6.73. The van der Waals surface area contributed by atoms with Gasteiger partial charge in [-0.25, -0.2) is 4.99 Å². The summed E-state index contributed by atoms with van der Waals surface area (Å²) >= 11 is 0. The second kappa shape index (κ2) is 14.7. The fourth-order valence-electron chi connectivity index (χ4n) is 3.51. The van der Waals surface area contributed by atoms with Gasteiger partial charge in [-0.05, 0) is 46.2 Å². The van der Waals surface area contributed by atoms with E-state index >= 15 is 0 Å². The molecule has 1 aromatic carbocycles. The van der Waals surface area contributed by atoms with Gasteiger partial charge in [0.2, 0.25) is 0 Å². The van der Waals surface area contributed by atoms with Crippen molar-refractivity contribution in [2.24, 2.45) is 4.99 Å². The molecule has 0 bridgehead atoms. The van der Waals surface area contributed by atoms with Crippen LogP contribution in [0.1, 0.15) is 34.1 Å². The van der Waals surface area contributed by atoms with Crippen molar-refractivity contribution in [2.75, 3.05) is 46.4 Å². The monoisotopic (exact) mass is 534 g/mol. The minimum Gasteiger partial charge on any atom is -0.493 e. The van der Waals surface area contributed by atoms with Gasteiger partial charge in [0, 0.05) is 32.7 Å². The van der Waals surface area contributed by atoms with Crippen LogP contribution in [0.2, 0.25) is 0 Å². The van der Waals surface area contributed by atoms with E-state index in [1.807, 2.05) is 31.2 Å². The summed E-state index contributed by atoms with van der Waals surface area (Å²) in [6.07, 6.45) is 1.64. The lowest BCUT2D eigenvalue weighted by molar-refractivity contribution is -0.0679. The van der Waals surface area contributed by atoms with Gasteiger partial charge in [-0.15, -0.1) is 24.0 Å². The molecule has 0 aliphatic carbocycles. The standard InChI is InChI=1S/C22H38N4O3.HI/c1-6-23-22(24-12-9-13-26-15-18(3)28-19(4)16-26)25-14-17(2)29-21-11-8-7-10-20(21)27-5;/h7-8,10-11,17-19H,6,9,12-16H2,1-5H3,(H2,23,24,25);1H. The quantitative estimate of drug-likeness (QED) is 0.208. The molecule has 0 spiro atoms. The van der Waals surface area contributed by atoms with E-state index in [2.05, 4.69) is 41.3 Å². The summed E-state index contributed by atoms with van der Waals surface area (Å²) < 4.78 is 17.1. The number of guanidine groups is 1. The number of ether oxygens (including phenoxy) is 3. The van der Waals surface area contributed by atoms with Crippen molar-refractivity contribution in [1.29, 1.82) is 0 Å². The van der Waals surface area contributed by atoms with Crippen LogP contribution < -0.4 is 20.1 Å². The number of aliphatic imine (C=N–C) groups is 1. The van der Waals surface area contributed by atoms with Crippen molar-refractivity contribution < 1.29 is 14.2 Å². The Morgan fingerprint density at radius 2 is 1.87 bits per heavy atom. The van der Waals surface area contributed by atoms with Crippen LogP contribution in [0.25, 0.3) is 0 Å². The highest BCUT2D eigenvalue weighted by Crippen LogP contribution is 2.26. The van der Waals surface area contributed by atoms with Gasteiger partial charge in [-0.3, -0.25) is 4.90 Å². The predicted octanol–water partition coefficient (Wildman–Crippen LogP) is 3.13. The van der Waals surface area contributed by atoms with Crippen molar-refractivity contribution in [2.45, 2.75) is 52.4 Å². The lowest BCUT2D eigenvalue weighted by Gasteiger charge is -2.35. The first kappa shape index (κ1) is 26.8. The average Bonchev–Trinajstić information content (AvgIpc) is 2.69. The van der Waals surface area contributed by atoms with Crippen molar-refractivity contribution in [1.82, 2.24) is 15.5 Å². The number of hydrogen-bond acceptors (Lipinski definition) is 5. The topological polar surface area (TPSA) is 67.4 Å². The zero-order valence-corrected chi connectivity index (χ0v) is 21.3. The van der Waals surface area contributed by atoms with E-state index in [0.29, 0.717) is 18.8 Å². The minimum absolute atomic E-state index is 0. The van der Waals surface area contributed by atoms with Gasteiger partial charge in [-0.1, -0.05) is 12.1 Å². The number of benzene rings is 1. The average molecular weight is 534 g/mol. The molecule has 1 heterocycles. The van der Waals surface area contributed by atoms with E-state index in [1.54, 1.807) is 7.11 Å². The van der Waals surface area contributed by atoms with Crippen LogP contribution in [-0.4, -0.2) is 75.5 Å². The first-order valence-electron chi connectivity index (χ1n) is 10.7. The molecule has 1 fully saturated rings. The smallest absolute Gasteiger partial charge is 0.191 e. The van der Waals surface area contributed by atoms with Crippen LogP contribution in [-0.2, 0) is 4.74 Å². The van der Waals surface area contributed by atoms with Gasteiger partial charge in [0.05, 0.1) is 25.9 Å². The van der Waals surface area contributed by atoms with E-state index in [9.17, 15) is 0 Å². The van der Waals surface area contributed by atoms with Crippen molar-refractivity contribution >= 4 is 29.9 Å². The Labute approximate surface area is 199 Å². The molecule has 172 valence electrons. The lowest BCUT2D eigenvalue weighted by Crippen LogP contribution is -2.46. The van der Waals surface area contributed by atoms with E-state index in [1.165, 1.54) is 0 Å². The molecule has 0 amide bonds. The third-order valence-electron chi connectivity index (χ3n) is 4.69. The Morgan fingerprint density at radius 3 is 2.50 bits per heavy atom. The molecule has 7 nitrogen and oxygen atoms in total. The zero-order chi connectivity index (χ0) is 21.1. The zero-order valence-electron chi connectivity index (χ0n) is 19.0. The summed E-state index contributed by atoms with van der Waals surface area (Å²) in [7, 11) is 1.65. The molecule has 3 atom stereocenters. The first-order valence-corrected chi connectivity index (χ1v) is 10.7. The number of hydrogen-bond donors (Lipinski definition) is 2. The largest absolute Gasteiger partial charge is 0.493 e. The number of nitrogens with zero attached hydrogens (tertiary/aromatic N) is 2. The molecule has 0 saturated carbocycles. The number of para-hydroxylation sites is 2. The number of morpholine rings is 1. The molecule has 1 aromatic rings. The number of methoxy groups -OCH3 is 1. The molecular formula is C22H39IN4O3. The van der Waals surface area contributed by atoms with E-state index in [0.717, 1.165) is 56.6 Å². The van der Waals surface area contributed by atoms with Crippen LogP contribution in [0.4, 0.5) is 0 Å². The van der Waals surface area contributed by atoms with Gasteiger partial charge >= 0.3 is 0 Å². The van der Waals surface area contributed by atoms with Crippen molar-refractivity contribution in [3.8, 4) is 11.5 Å². The van der Waals surface area contributed by atoms with Crippen LogP contribution in [0.15, 0.2) is 29.3 Å². The Morgan fingerprint density at radius 1 is 1.20 bits per heavy atom. The molecule has 2 rings (SSSR count). The molecule has 1 saturated heterocycles. The Hall–Kier alpha value is -1.26. The maximum atomic E-state index is 5.98. The summed E-state index contributed by atoms with van der Waals surface area (Å²) in [6.45, 7) is 13.7. The number of nitrogens with one attached hydrogen (secondary N) is 2. The summed E-state index contributed by atoms with van der Waals surface area (Å²) in [4.78, 5) is 7.15. The molecule has 30 heavy (non-hydrogen) atoms. The van der Waals surface area contributed by atoms with Gasteiger partial charge in [-0.2, -0.15) is 0 Å². The third-order valence-corrected chi connectivity index (χ3v) is 4.69. The Kier molecular flexibility index (Phi) is 13.1. The maximum absolute atomic E-state index is 5.98. The maximum Gasteiger partial charge on any atom is 0.191 e. The molecular weight excluding hydrogens is 495 g/mol. The summed E-state index contributed by atoms with van der Waals surface area (Å²) in [5.41, 5.74) is 0.